The molecule has 0 radical (unpaired) electrons. The van der Waals surface area contributed by atoms with E-state index in [9.17, 15) is 20.0 Å². The van der Waals surface area contributed by atoms with Crippen molar-refractivity contribution in [2.45, 2.75) is 58.2 Å². The van der Waals surface area contributed by atoms with E-state index in [4.69, 9.17) is 4.43 Å². The second-order valence-corrected chi connectivity index (χ2v) is 13.6. The highest BCUT2D eigenvalue weighted by Gasteiger charge is 2.46. The van der Waals surface area contributed by atoms with E-state index >= 15 is 0 Å². The van der Waals surface area contributed by atoms with Gasteiger partial charge in [-0.3, -0.25) is 10.1 Å². The first-order valence-corrected chi connectivity index (χ1v) is 12.0. The molecule has 0 amide bonds. The molecule has 0 heterocycles. The fraction of sp³-hybridized carbons (Fsp3) is 0.409. The van der Waals surface area contributed by atoms with E-state index < -0.39 is 19.2 Å². The van der Waals surface area contributed by atoms with E-state index in [1.165, 1.54) is 18.2 Å². The van der Waals surface area contributed by atoms with Gasteiger partial charge in [-0.1, -0.05) is 53.7 Å². The van der Waals surface area contributed by atoms with Crippen LogP contribution in [0.4, 0.5) is 5.69 Å². The molecule has 2 aromatic carbocycles. The monoisotopic (exact) mass is 415 g/mol. The van der Waals surface area contributed by atoms with Crippen molar-refractivity contribution in [3.8, 4) is 16.9 Å². The number of hydrogen-bond acceptors (Lipinski definition) is 4. The van der Waals surface area contributed by atoms with Crippen molar-refractivity contribution >= 4 is 20.0 Å². The summed E-state index contributed by atoms with van der Waals surface area (Å²) in [6.07, 6.45) is 0. The molecule has 156 valence electrons. The third-order valence-corrected chi connectivity index (χ3v) is 11.6. The van der Waals surface area contributed by atoms with Gasteiger partial charge in [0, 0.05) is 6.07 Å². The first-order chi connectivity index (χ1) is 13.5. The average Bonchev–Trinajstić information content (AvgIpc) is 2.65. The van der Waals surface area contributed by atoms with Crippen LogP contribution in [0, 0.1) is 10.1 Å². The lowest BCUT2D eigenvalue weighted by Crippen LogP contribution is -2.50. The SMILES string of the molecule is CC(C)[Si](Oc1ccc(-c2cc(C(=O)O)ccc2[N+](=O)[O-])cc1)(C(C)C)C(C)C. The van der Waals surface area contributed by atoms with Gasteiger partial charge < -0.3 is 9.53 Å². The number of nitro groups is 1. The third kappa shape index (κ3) is 4.50. The predicted octanol–water partition coefficient (Wildman–Crippen LogP) is 6.51. The van der Waals surface area contributed by atoms with E-state index in [-0.39, 0.29) is 16.8 Å². The Balaban J connectivity index is 2.46. The van der Waals surface area contributed by atoms with Crippen molar-refractivity contribution in [2.24, 2.45) is 0 Å². The Hall–Kier alpha value is -2.67. The van der Waals surface area contributed by atoms with Crippen molar-refractivity contribution in [1.29, 1.82) is 0 Å². The normalized spacial score (nSPS) is 11.9. The van der Waals surface area contributed by atoms with Crippen molar-refractivity contribution in [3.63, 3.8) is 0 Å². The lowest BCUT2D eigenvalue weighted by molar-refractivity contribution is -0.384. The maximum atomic E-state index is 11.4. The summed E-state index contributed by atoms with van der Waals surface area (Å²) in [7, 11) is -2.10. The number of carboxylic acids is 1. The van der Waals surface area contributed by atoms with Gasteiger partial charge in [0.1, 0.15) is 5.75 Å². The zero-order valence-electron chi connectivity index (χ0n) is 17.8. The van der Waals surface area contributed by atoms with E-state index in [0.717, 1.165) is 5.75 Å². The fourth-order valence-corrected chi connectivity index (χ4v) is 9.57. The number of carbonyl (C=O) groups is 1. The van der Waals surface area contributed by atoms with Gasteiger partial charge >= 0.3 is 5.97 Å². The molecule has 0 saturated heterocycles. The Morgan fingerprint density at radius 3 is 1.90 bits per heavy atom. The Labute approximate surface area is 172 Å². The highest BCUT2D eigenvalue weighted by atomic mass is 28.4. The van der Waals surface area contributed by atoms with Crippen LogP contribution in [0.15, 0.2) is 42.5 Å². The summed E-state index contributed by atoms with van der Waals surface area (Å²) in [5.74, 6) is -0.378. The van der Waals surface area contributed by atoms with Gasteiger partial charge in [-0.15, -0.1) is 0 Å². The van der Waals surface area contributed by atoms with E-state index in [2.05, 4.69) is 41.5 Å². The lowest BCUT2D eigenvalue weighted by Gasteiger charge is -2.42. The summed E-state index contributed by atoms with van der Waals surface area (Å²) in [5, 5.41) is 20.6. The van der Waals surface area contributed by atoms with E-state index in [0.29, 0.717) is 22.2 Å². The minimum Gasteiger partial charge on any atom is -0.543 e. The molecule has 0 bridgehead atoms. The van der Waals surface area contributed by atoms with Gasteiger partial charge in [-0.25, -0.2) is 4.79 Å². The maximum absolute atomic E-state index is 11.4. The molecule has 2 rings (SSSR count). The predicted molar refractivity (Wildman–Crippen MR) is 117 cm³/mol. The average molecular weight is 416 g/mol. The van der Waals surface area contributed by atoms with Crippen molar-refractivity contribution in [3.05, 3.63) is 58.1 Å². The molecule has 0 aliphatic rings. The highest BCUT2D eigenvalue weighted by molar-refractivity contribution is 6.78. The summed E-state index contributed by atoms with van der Waals surface area (Å²) in [6.45, 7) is 13.3. The summed E-state index contributed by atoms with van der Waals surface area (Å²) in [6, 6.07) is 11.0. The molecule has 6 nitrogen and oxygen atoms in total. The molecule has 29 heavy (non-hydrogen) atoms. The topological polar surface area (TPSA) is 89.7 Å². The second kappa shape index (κ2) is 8.78. The number of aromatic carboxylic acids is 1. The number of hydrogen-bond donors (Lipinski definition) is 1. The molecule has 0 aromatic heterocycles. The molecule has 1 N–H and O–H groups in total. The number of benzene rings is 2. The molecule has 2 aromatic rings. The largest absolute Gasteiger partial charge is 0.543 e. The number of nitrogens with zero attached hydrogens (tertiary/aromatic N) is 1. The second-order valence-electron chi connectivity index (χ2n) is 8.24. The van der Waals surface area contributed by atoms with Crippen LogP contribution in [-0.4, -0.2) is 24.3 Å². The minimum atomic E-state index is -2.10. The molecular formula is C22H29NO5Si. The summed E-state index contributed by atoms with van der Waals surface area (Å²) >= 11 is 0. The first kappa shape index (κ1) is 22.6. The van der Waals surface area contributed by atoms with Crippen LogP contribution in [-0.2, 0) is 0 Å². The Bertz CT molecular complexity index is 869. The van der Waals surface area contributed by atoms with E-state index in [1.807, 2.05) is 12.1 Å². The molecule has 0 fully saturated rings. The number of nitro benzene ring substituents is 1. The van der Waals surface area contributed by atoms with Crippen LogP contribution in [0.1, 0.15) is 51.9 Å². The van der Waals surface area contributed by atoms with Crippen LogP contribution in [0.3, 0.4) is 0 Å². The molecule has 0 aliphatic carbocycles. The van der Waals surface area contributed by atoms with Crippen molar-refractivity contribution in [1.82, 2.24) is 0 Å². The fourth-order valence-electron chi connectivity index (χ4n) is 4.32. The Morgan fingerprint density at radius 1 is 0.966 bits per heavy atom. The number of rotatable bonds is 8. The molecule has 7 heteroatoms. The van der Waals surface area contributed by atoms with Crippen molar-refractivity contribution in [2.75, 3.05) is 0 Å². The molecule has 0 aliphatic heterocycles. The molecule has 0 saturated carbocycles. The lowest BCUT2D eigenvalue weighted by atomic mass is 10.0. The third-order valence-electron chi connectivity index (χ3n) is 5.61. The molecule has 0 unspecified atom stereocenters. The van der Waals surface area contributed by atoms with Crippen molar-refractivity contribution < 1.29 is 19.3 Å². The molecular weight excluding hydrogens is 386 g/mol. The first-order valence-electron chi connectivity index (χ1n) is 9.81. The van der Waals surface area contributed by atoms with Crippen LogP contribution in [0.2, 0.25) is 16.6 Å². The minimum absolute atomic E-state index is 0.0109. The summed E-state index contributed by atoms with van der Waals surface area (Å²) < 4.78 is 6.63. The van der Waals surface area contributed by atoms with Gasteiger partial charge in [0.15, 0.2) is 0 Å². The van der Waals surface area contributed by atoms with E-state index in [1.54, 1.807) is 12.1 Å². The zero-order valence-corrected chi connectivity index (χ0v) is 18.8. The Morgan fingerprint density at radius 2 is 1.48 bits per heavy atom. The Kier molecular flexibility index (Phi) is 6.84. The maximum Gasteiger partial charge on any atom is 0.335 e. The summed E-state index contributed by atoms with van der Waals surface area (Å²) in [4.78, 5) is 22.2. The highest BCUT2D eigenvalue weighted by Crippen LogP contribution is 2.43. The van der Waals surface area contributed by atoms with Crippen LogP contribution in [0.25, 0.3) is 11.1 Å². The smallest absolute Gasteiger partial charge is 0.335 e. The zero-order chi connectivity index (χ0) is 21.9. The van der Waals surface area contributed by atoms with Gasteiger partial charge in [0.25, 0.3) is 14.0 Å². The standard InChI is InChI=1S/C22H29NO5Si/c1-14(2)29(15(3)4,16(5)6)28-19-10-7-17(8-11-19)20-13-18(22(24)25)9-12-21(20)23(26)27/h7-16H,1-6H3,(H,24,25). The molecule has 0 spiro atoms. The van der Waals surface area contributed by atoms with Crippen LogP contribution in [0.5, 0.6) is 5.75 Å². The van der Waals surface area contributed by atoms with Crippen LogP contribution < -0.4 is 4.43 Å². The summed E-state index contributed by atoms with van der Waals surface area (Å²) in [5.41, 5.74) is 2.02. The number of carboxylic acid groups (broad SMARTS) is 1. The van der Waals surface area contributed by atoms with Gasteiger partial charge in [0.2, 0.25) is 0 Å². The van der Waals surface area contributed by atoms with Gasteiger partial charge in [-0.05, 0) is 46.5 Å². The van der Waals surface area contributed by atoms with Crippen LogP contribution >= 0.6 is 0 Å². The molecule has 0 atom stereocenters. The van der Waals surface area contributed by atoms with Gasteiger partial charge in [-0.2, -0.15) is 0 Å². The quantitative estimate of drug-likeness (QED) is 0.301. The van der Waals surface area contributed by atoms with Gasteiger partial charge in [0.05, 0.1) is 16.1 Å².